The molecule has 1 saturated carbocycles. The van der Waals surface area contributed by atoms with Crippen LogP contribution in [0.1, 0.15) is 31.9 Å². The van der Waals surface area contributed by atoms with Gasteiger partial charge in [-0.05, 0) is 36.8 Å². The molecule has 1 aromatic rings. The van der Waals surface area contributed by atoms with E-state index in [9.17, 15) is 4.79 Å². The first kappa shape index (κ1) is 11.8. The Hall–Kier alpha value is -1.65. The number of hydrogen-bond acceptors (Lipinski definition) is 3. The average molecular weight is 234 g/mol. The second kappa shape index (κ2) is 5.12. The minimum atomic E-state index is -0.129. The van der Waals surface area contributed by atoms with Gasteiger partial charge in [0.2, 0.25) is 0 Å². The molecule has 2 rings (SSSR count). The van der Waals surface area contributed by atoms with Gasteiger partial charge in [-0.2, -0.15) is 10.2 Å². The van der Waals surface area contributed by atoms with Crippen LogP contribution in [-0.2, 0) is 6.54 Å². The molecule has 92 valence electrons. The molecule has 1 fully saturated rings. The van der Waals surface area contributed by atoms with E-state index in [0.29, 0.717) is 12.0 Å². The van der Waals surface area contributed by atoms with E-state index in [2.05, 4.69) is 27.8 Å². The highest BCUT2D eigenvalue weighted by Crippen LogP contribution is 2.47. The highest BCUT2D eigenvalue weighted by Gasteiger charge is 2.40. The number of rotatable bonds is 5. The maximum atomic E-state index is 11.5. The van der Waals surface area contributed by atoms with Crippen molar-refractivity contribution in [3.05, 3.63) is 24.0 Å². The lowest BCUT2D eigenvalue weighted by Gasteiger charge is -2.13. The molecule has 0 unspecified atom stereocenters. The highest BCUT2D eigenvalue weighted by molar-refractivity contribution is 5.73. The second-order valence-electron chi connectivity index (χ2n) is 4.60. The van der Waals surface area contributed by atoms with Crippen LogP contribution in [0, 0.1) is 5.41 Å². The van der Waals surface area contributed by atoms with Gasteiger partial charge < -0.3 is 10.6 Å². The molecule has 1 aliphatic carbocycles. The van der Waals surface area contributed by atoms with Crippen molar-refractivity contribution in [1.29, 1.82) is 0 Å². The van der Waals surface area contributed by atoms with Crippen LogP contribution in [0.4, 0.5) is 4.79 Å². The summed E-state index contributed by atoms with van der Waals surface area (Å²) in [6.45, 7) is 3.36. The summed E-state index contributed by atoms with van der Waals surface area (Å²) in [5.41, 5.74) is 1.14. The highest BCUT2D eigenvalue weighted by atomic mass is 16.2. The second-order valence-corrected chi connectivity index (χ2v) is 4.60. The number of carbonyl (C=O) groups excluding carboxylic acids is 1. The first-order valence-corrected chi connectivity index (χ1v) is 6.02. The topological polar surface area (TPSA) is 66.9 Å². The van der Waals surface area contributed by atoms with Crippen molar-refractivity contribution < 1.29 is 4.79 Å². The van der Waals surface area contributed by atoms with Gasteiger partial charge in [-0.25, -0.2) is 4.79 Å². The summed E-state index contributed by atoms with van der Waals surface area (Å²) in [6.07, 6.45) is 5.21. The maximum absolute atomic E-state index is 11.5. The van der Waals surface area contributed by atoms with Crippen LogP contribution in [0.3, 0.4) is 0 Å². The van der Waals surface area contributed by atoms with Crippen LogP contribution in [0.5, 0.6) is 0 Å². The molecule has 0 aliphatic heterocycles. The van der Waals surface area contributed by atoms with Gasteiger partial charge in [0, 0.05) is 12.7 Å². The molecule has 5 nitrogen and oxygen atoms in total. The molecule has 0 bridgehead atoms. The van der Waals surface area contributed by atoms with Gasteiger partial charge in [0.1, 0.15) is 0 Å². The third kappa shape index (κ3) is 3.41. The molecule has 0 atom stereocenters. The van der Waals surface area contributed by atoms with E-state index < -0.39 is 0 Å². The molecule has 0 saturated heterocycles. The van der Waals surface area contributed by atoms with Gasteiger partial charge in [-0.1, -0.05) is 6.92 Å². The number of amides is 2. The van der Waals surface area contributed by atoms with Crippen molar-refractivity contribution in [3.63, 3.8) is 0 Å². The summed E-state index contributed by atoms with van der Waals surface area (Å²) in [5, 5.41) is 13.3. The number of nitrogens with zero attached hydrogens (tertiary/aromatic N) is 2. The lowest BCUT2D eigenvalue weighted by molar-refractivity contribution is 0.237. The molecule has 0 aromatic carbocycles. The first-order chi connectivity index (χ1) is 8.24. The summed E-state index contributed by atoms with van der Waals surface area (Å²) >= 11 is 0. The Kier molecular flexibility index (Phi) is 3.56. The van der Waals surface area contributed by atoms with E-state index in [4.69, 9.17) is 0 Å². The monoisotopic (exact) mass is 234 g/mol. The van der Waals surface area contributed by atoms with Crippen LogP contribution in [0.2, 0.25) is 0 Å². The fraction of sp³-hybridized carbons (Fsp3) is 0.583. The summed E-state index contributed by atoms with van der Waals surface area (Å²) < 4.78 is 0. The third-order valence-electron chi connectivity index (χ3n) is 3.39. The Morgan fingerprint density at radius 2 is 2.29 bits per heavy atom. The predicted molar refractivity (Wildman–Crippen MR) is 64.2 cm³/mol. The molecule has 0 radical (unpaired) electrons. The van der Waals surface area contributed by atoms with E-state index in [0.717, 1.165) is 18.7 Å². The van der Waals surface area contributed by atoms with Crippen molar-refractivity contribution in [2.24, 2.45) is 5.41 Å². The largest absolute Gasteiger partial charge is 0.338 e. The van der Waals surface area contributed by atoms with Crippen molar-refractivity contribution >= 4 is 6.03 Å². The molecular formula is C12H18N4O. The van der Waals surface area contributed by atoms with Crippen molar-refractivity contribution in [3.8, 4) is 0 Å². The zero-order valence-corrected chi connectivity index (χ0v) is 10.1. The van der Waals surface area contributed by atoms with Crippen molar-refractivity contribution in [2.45, 2.75) is 32.7 Å². The zero-order chi connectivity index (χ0) is 12.1. The van der Waals surface area contributed by atoms with Crippen LogP contribution in [0.25, 0.3) is 0 Å². The van der Waals surface area contributed by atoms with E-state index in [1.54, 1.807) is 12.3 Å². The van der Waals surface area contributed by atoms with Crippen molar-refractivity contribution in [1.82, 2.24) is 20.8 Å². The molecule has 17 heavy (non-hydrogen) atoms. The molecule has 1 aromatic heterocycles. The third-order valence-corrected chi connectivity index (χ3v) is 3.39. The van der Waals surface area contributed by atoms with Crippen LogP contribution < -0.4 is 10.6 Å². The molecular weight excluding hydrogens is 216 g/mol. The average Bonchev–Trinajstić information content (AvgIpc) is 3.16. The van der Waals surface area contributed by atoms with Gasteiger partial charge in [-0.15, -0.1) is 0 Å². The Morgan fingerprint density at radius 3 is 2.88 bits per heavy atom. The van der Waals surface area contributed by atoms with E-state index >= 15 is 0 Å². The van der Waals surface area contributed by atoms with Crippen LogP contribution in [0.15, 0.2) is 18.3 Å². The SMILES string of the molecule is CCC1(CNC(=O)NCc2cccnn2)CC1. The Labute approximate surface area is 101 Å². The minimum Gasteiger partial charge on any atom is -0.338 e. The fourth-order valence-electron chi connectivity index (χ4n) is 1.76. The predicted octanol–water partition coefficient (Wildman–Crippen LogP) is 1.47. The number of carbonyl (C=O) groups is 1. The van der Waals surface area contributed by atoms with Crippen LogP contribution in [-0.4, -0.2) is 22.8 Å². The lowest BCUT2D eigenvalue weighted by atomic mass is 10.0. The fourth-order valence-corrected chi connectivity index (χ4v) is 1.76. The van der Waals surface area contributed by atoms with Gasteiger partial charge in [-0.3, -0.25) is 0 Å². The van der Waals surface area contributed by atoms with Crippen LogP contribution >= 0.6 is 0 Å². The van der Waals surface area contributed by atoms with E-state index in [-0.39, 0.29) is 6.03 Å². The summed E-state index contributed by atoms with van der Waals surface area (Å²) in [4.78, 5) is 11.5. The molecule has 0 spiro atoms. The normalized spacial score (nSPS) is 16.3. The Balaban J connectivity index is 1.68. The molecule has 1 aliphatic rings. The Morgan fingerprint density at radius 1 is 1.47 bits per heavy atom. The smallest absolute Gasteiger partial charge is 0.315 e. The zero-order valence-electron chi connectivity index (χ0n) is 10.1. The van der Waals surface area contributed by atoms with Gasteiger partial charge >= 0.3 is 6.03 Å². The van der Waals surface area contributed by atoms with Gasteiger partial charge in [0.05, 0.1) is 12.2 Å². The number of urea groups is 1. The lowest BCUT2D eigenvalue weighted by Crippen LogP contribution is -2.38. The van der Waals surface area contributed by atoms with Gasteiger partial charge in [0.25, 0.3) is 0 Å². The quantitative estimate of drug-likeness (QED) is 0.810. The molecule has 5 heteroatoms. The summed E-state index contributed by atoms with van der Waals surface area (Å²) in [5.74, 6) is 0. The van der Waals surface area contributed by atoms with E-state index in [1.807, 2.05) is 6.07 Å². The molecule has 1 heterocycles. The molecule has 2 N–H and O–H groups in total. The summed E-state index contributed by atoms with van der Waals surface area (Å²) in [6, 6.07) is 3.51. The maximum Gasteiger partial charge on any atom is 0.315 e. The van der Waals surface area contributed by atoms with E-state index in [1.165, 1.54) is 12.8 Å². The number of nitrogens with one attached hydrogen (secondary N) is 2. The Bertz CT molecular complexity index is 375. The standard InChI is InChI=1S/C12H18N4O/c1-2-12(5-6-12)9-14-11(17)13-8-10-4-3-7-15-16-10/h3-4,7H,2,5-6,8-9H2,1H3,(H2,13,14,17). The first-order valence-electron chi connectivity index (χ1n) is 6.02. The minimum absolute atomic E-state index is 0.129. The number of hydrogen-bond donors (Lipinski definition) is 2. The summed E-state index contributed by atoms with van der Waals surface area (Å²) in [7, 11) is 0. The number of aromatic nitrogens is 2. The van der Waals surface area contributed by atoms with Gasteiger partial charge in [0.15, 0.2) is 0 Å². The molecule has 2 amide bonds. The van der Waals surface area contributed by atoms with Crippen molar-refractivity contribution in [2.75, 3.05) is 6.54 Å².